The number of hydrogen-bond donors (Lipinski definition) is 0. The van der Waals surface area contributed by atoms with Crippen LogP contribution in [0.2, 0.25) is 5.02 Å². The number of carbonyl (C=O) groups excluding carboxylic acids is 2. The van der Waals surface area contributed by atoms with E-state index in [0.717, 1.165) is 5.56 Å². The van der Waals surface area contributed by atoms with Gasteiger partial charge in [-0.25, -0.2) is 0 Å². The quantitative estimate of drug-likeness (QED) is 0.488. The number of Topliss-reactive ketones (excluding diaryl/α,β-unsaturated/α-hetero) is 1. The number of ketones is 1. The third kappa shape index (κ3) is 2.57. The molecule has 5 heteroatoms. The van der Waals surface area contributed by atoms with E-state index >= 15 is 0 Å². The molecule has 0 bridgehead atoms. The molecule has 2 unspecified atom stereocenters. The Hall–Kier alpha value is -1.06. The summed E-state index contributed by atoms with van der Waals surface area (Å²) in [6.07, 6.45) is 1.16. The lowest BCUT2D eigenvalue weighted by atomic mass is 9.78. The fraction of sp³-hybridized carbons (Fsp3) is 0.467. The van der Waals surface area contributed by atoms with Crippen molar-refractivity contribution < 1.29 is 14.3 Å². The Morgan fingerprint density at radius 1 is 1.30 bits per heavy atom. The minimum atomic E-state index is -1.18. The number of carbonyl (C=O) groups is 2. The second-order valence-electron chi connectivity index (χ2n) is 5.40. The topological polar surface area (TPSA) is 43.4 Å². The molecule has 2 atom stereocenters. The van der Waals surface area contributed by atoms with Gasteiger partial charge in [0.15, 0.2) is 5.78 Å². The Kier molecular flexibility index (Phi) is 4.12. The highest BCUT2D eigenvalue weighted by Crippen LogP contribution is 2.47. The first kappa shape index (κ1) is 15.3. The van der Waals surface area contributed by atoms with Gasteiger partial charge in [-0.3, -0.25) is 9.59 Å². The van der Waals surface area contributed by atoms with Crippen molar-refractivity contribution in [3.63, 3.8) is 0 Å². The van der Waals surface area contributed by atoms with Crippen LogP contribution in [-0.4, -0.2) is 23.7 Å². The van der Waals surface area contributed by atoms with Crippen LogP contribution in [0.15, 0.2) is 24.3 Å². The number of esters is 1. The van der Waals surface area contributed by atoms with E-state index in [0.29, 0.717) is 17.9 Å². The molecule has 20 heavy (non-hydrogen) atoms. The molecule has 3 nitrogen and oxygen atoms in total. The Bertz CT molecular complexity index is 537. The van der Waals surface area contributed by atoms with Gasteiger partial charge >= 0.3 is 5.97 Å². The monoisotopic (exact) mass is 314 g/mol. The van der Waals surface area contributed by atoms with Crippen LogP contribution >= 0.6 is 23.2 Å². The molecule has 1 aromatic rings. The van der Waals surface area contributed by atoms with Crippen LogP contribution in [0.5, 0.6) is 0 Å². The largest absolute Gasteiger partial charge is 0.468 e. The standard InChI is InChI=1S/C15H16Cl2O3/c1-14(17)7-8-15(12(14)18,13(19)20-2)9-10-3-5-11(16)6-4-10/h3-6H,7-9H2,1-2H3. The van der Waals surface area contributed by atoms with Crippen LogP contribution in [0.1, 0.15) is 25.3 Å². The van der Waals surface area contributed by atoms with Crippen molar-refractivity contribution in [3.05, 3.63) is 34.9 Å². The maximum absolute atomic E-state index is 12.6. The van der Waals surface area contributed by atoms with Gasteiger partial charge in [0, 0.05) is 5.02 Å². The lowest BCUT2D eigenvalue weighted by Crippen LogP contribution is -2.43. The van der Waals surface area contributed by atoms with Crippen LogP contribution < -0.4 is 0 Å². The summed E-state index contributed by atoms with van der Waals surface area (Å²) in [5, 5.41) is 0.612. The zero-order valence-electron chi connectivity index (χ0n) is 11.4. The van der Waals surface area contributed by atoms with E-state index < -0.39 is 16.3 Å². The predicted octanol–water partition coefficient (Wildman–Crippen LogP) is 3.40. The normalized spacial score (nSPS) is 29.5. The summed E-state index contributed by atoms with van der Waals surface area (Å²) in [5.74, 6) is -0.768. The maximum Gasteiger partial charge on any atom is 0.319 e. The van der Waals surface area contributed by atoms with E-state index in [-0.39, 0.29) is 12.2 Å². The number of ether oxygens (including phenoxy) is 1. The van der Waals surface area contributed by atoms with Gasteiger partial charge in [-0.1, -0.05) is 23.7 Å². The highest BCUT2D eigenvalue weighted by molar-refractivity contribution is 6.38. The minimum Gasteiger partial charge on any atom is -0.468 e. The third-order valence-electron chi connectivity index (χ3n) is 3.92. The van der Waals surface area contributed by atoms with Crippen molar-refractivity contribution in [1.29, 1.82) is 0 Å². The summed E-state index contributed by atoms with van der Waals surface area (Å²) in [6.45, 7) is 1.66. The highest BCUT2D eigenvalue weighted by Gasteiger charge is 2.58. The summed E-state index contributed by atoms with van der Waals surface area (Å²) in [5.41, 5.74) is -0.318. The Morgan fingerprint density at radius 2 is 1.90 bits per heavy atom. The van der Waals surface area contributed by atoms with Crippen molar-refractivity contribution in [2.75, 3.05) is 7.11 Å². The molecule has 1 aliphatic carbocycles. The van der Waals surface area contributed by atoms with Crippen molar-refractivity contribution in [2.24, 2.45) is 5.41 Å². The van der Waals surface area contributed by atoms with E-state index in [1.165, 1.54) is 7.11 Å². The van der Waals surface area contributed by atoms with Gasteiger partial charge < -0.3 is 4.74 Å². The summed E-state index contributed by atoms with van der Waals surface area (Å²) in [7, 11) is 1.29. The number of hydrogen-bond acceptors (Lipinski definition) is 3. The van der Waals surface area contributed by atoms with Gasteiger partial charge in [0.2, 0.25) is 0 Å². The van der Waals surface area contributed by atoms with Gasteiger partial charge in [-0.05, 0) is 43.9 Å². The fourth-order valence-corrected chi connectivity index (χ4v) is 3.16. The van der Waals surface area contributed by atoms with Gasteiger partial charge in [0.05, 0.1) is 7.11 Å². The van der Waals surface area contributed by atoms with Gasteiger partial charge in [0.1, 0.15) is 10.3 Å². The number of benzene rings is 1. The molecule has 0 saturated heterocycles. The first-order chi connectivity index (χ1) is 9.32. The van der Waals surface area contributed by atoms with Crippen LogP contribution in [0.25, 0.3) is 0 Å². The number of alkyl halides is 1. The lowest BCUT2D eigenvalue weighted by molar-refractivity contribution is -0.156. The molecule has 0 aromatic heterocycles. The Morgan fingerprint density at radius 3 is 2.35 bits per heavy atom. The average Bonchev–Trinajstić information content (AvgIpc) is 2.65. The molecule has 1 aliphatic rings. The first-order valence-corrected chi connectivity index (χ1v) is 7.14. The number of methoxy groups -OCH3 is 1. The van der Waals surface area contributed by atoms with E-state index in [1.54, 1.807) is 19.1 Å². The minimum absolute atomic E-state index is 0.256. The summed E-state index contributed by atoms with van der Waals surface area (Å²) >= 11 is 12.1. The SMILES string of the molecule is COC(=O)C1(Cc2ccc(Cl)cc2)CCC(C)(Cl)C1=O. The van der Waals surface area contributed by atoms with E-state index in [4.69, 9.17) is 27.9 Å². The van der Waals surface area contributed by atoms with Gasteiger partial charge in [-0.2, -0.15) is 0 Å². The van der Waals surface area contributed by atoms with Crippen LogP contribution in [0.4, 0.5) is 0 Å². The smallest absolute Gasteiger partial charge is 0.319 e. The zero-order valence-corrected chi connectivity index (χ0v) is 12.9. The first-order valence-electron chi connectivity index (χ1n) is 6.38. The predicted molar refractivity (Wildman–Crippen MR) is 78.1 cm³/mol. The average molecular weight is 315 g/mol. The van der Waals surface area contributed by atoms with Gasteiger partial charge in [-0.15, -0.1) is 11.6 Å². The van der Waals surface area contributed by atoms with Crippen LogP contribution in [0, 0.1) is 5.41 Å². The van der Waals surface area contributed by atoms with Crippen LogP contribution in [-0.2, 0) is 20.7 Å². The molecule has 0 radical (unpaired) electrons. The van der Waals surface area contributed by atoms with Gasteiger partial charge in [0.25, 0.3) is 0 Å². The van der Waals surface area contributed by atoms with E-state index in [1.807, 2.05) is 12.1 Å². The molecule has 0 aliphatic heterocycles. The highest BCUT2D eigenvalue weighted by atomic mass is 35.5. The molecular weight excluding hydrogens is 299 g/mol. The Balaban J connectivity index is 2.37. The molecule has 1 aromatic carbocycles. The molecule has 0 spiro atoms. The molecular formula is C15H16Cl2O3. The molecule has 0 N–H and O–H groups in total. The summed E-state index contributed by atoms with van der Waals surface area (Å²) < 4.78 is 4.85. The van der Waals surface area contributed by atoms with Crippen molar-refractivity contribution in [3.8, 4) is 0 Å². The van der Waals surface area contributed by atoms with Crippen molar-refractivity contribution in [2.45, 2.75) is 31.1 Å². The molecule has 0 heterocycles. The maximum atomic E-state index is 12.6. The second-order valence-corrected chi connectivity index (χ2v) is 6.67. The number of rotatable bonds is 3. The fourth-order valence-electron chi connectivity index (χ4n) is 2.76. The van der Waals surface area contributed by atoms with Crippen molar-refractivity contribution in [1.82, 2.24) is 0 Å². The van der Waals surface area contributed by atoms with E-state index in [2.05, 4.69) is 0 Å². The summed E-state index contributed by atoms with van der Waals surface area (Å²) in [4.78, 5) is 23.7. The molecule has 1 saturated carbocycles. The molecule has 108 valence electrons. The Labute approximate surface area is 128 Å². The zero-order chi connectivity index (χ0) is 15.0. The molecule has 0 amide bonds. The molecule has 2 rings (SSSR count). The third-order valence-corrected chi connectivity index (χ3v) is 4.54. The number of halogens is 2. The second kappa shape index (κ2) is 5.38. The molecule has 1 fully saturated rings. The van der Waals surface area contributed by atoms with Crippen LogP contribution in [0.3, 0.4) is 0 Å². The lowest BCUT2D eigenvalue weighted by Gasteiger charge is -2.26. The summed E-state index contributed by atoms with van der Waals surface area (Å²) in [6, 6.07) is 7.09. The van der Waals surface area contributed by atoms with E-state index in [9.17, 15) is 9.59 Å². The van der Waals surface area contributed by atoms with Crippen molar-refractivity contribution >= 4 is 35.0 Å².